The van der Waals surface area contributed by atoms with E-state index in [2.05, 4.69) is 9.71 Å². The predicted octanol–water partition coefficient (Wildman–Crippen LogP) is 2.91. The van der Waals surface area contributed by atoms with E-state index < -0.39 is 35.1 Å². The third-order valence-electron chi connectivity index (χ3n) is 3.42. The van der Waals surface area contributed by atoms with Crippen molar-refractivity contribution in [3.8, 4) is 0 Å². The van der Waals surface area contributed by atoms with Crippen LogP contribution >= 0.6 is 0 Å². The van der Waals surface area contributed by atoms with Gasteiger partial charge >= 0.3 is 6.18 Å². The zero-order chi connectivity index (χ0) is 19.4. The zero-order valence-electron chi connectivity index (χ0n) is 13.7. The van der Waals surface area contributed by atoms with Crippen molar-refractivity contribution in [1.29, 1.82) is 0 Å². The Kier molecular flexibility index (Phi) is 5.86. The molecule has 0 aliphatic carbocycles. The number of pyridine rings is 1. The number of hydrogen-bond acceptors (Lipinski definition) is 4. The zero-order valence-corrected chi connectivity index (χ0v) is 14.5. The molecule has 2 aromatic rings. The summed E-state index contributed by atoms with van der Waals surface area (Å²) in [7, 11) is -2.60. The fraction of sp³-hybridized carbons (Fsp3) is 0.250. The van der Waals surface area contributed by atoms with Gasteiger partial charge in [-0.05, 0) is 36.4 Å². The van der Waals surface area contributed by atoms with Gasteiger partial charge in [0.2, 0.25) is 0 Å². The molecule has 0 atom stereocenters. The highest BCUT2D eigenvalue weighted by atomic mass is 32.2. The molecule has 0 bridgehead atoms. The standard InChI is InChI=1S/C16H16F3N3O3S/c1-22(11-8-16(17,18)19)15(23)12-2-4-14(5-3-12)26(24,25)21-13-6-9-20-10-7-13/h2-7,9-10H,8,11H2,1H3,(H,20,21). The average molecular weight is 387 g/mol. The number of carbonyl (C=O) groups is 1. The molecule has 1 amide bonds. The molecule has 1 aromatic carbocycles. The van der Waals surface area contributed by atoms with Crippen LogP contribution in [0.15, 0.2) is 53.7 Å². The van der Waals surface area contributed by atoms with Gasteiger partial charge in [0, 0.05) is 31.5 Å². The minimum Gasteiger partial charge on any atom is -0.341 e. The number of anilines is 1. The Balaban J connectivity index is 2.08. The van der Waals surface area contributed by atoms with E-state index in [0.29, 0.717) is 5.69 Å². The minimum absolute atomic E-state index is 0.0798. The van der Waals surface area contributed by atoms with Gasteiger partial charge in [-0.1, -0.05) is 0 Å². The quantitative estimate of drug-likeness (QED) is 0.827. The first-order valence-corrected chi connectivity index (χ1v) is 8.92. The number of carbonyl (C=O) groups excluding carboxylic acids is 1. The molecule has 1 heterocycles. The summed E-state index contributed by atoms with van der Waals surface area (Å²) in [6.07, 6.45) is -2.62. The number of benzene rings is 1. The molecule has 0 saturated heterocycles. The van der Waals surface area contributed by atoms with Gasteiger partial charge in [-0.25, -0.2) is 8.42 Å². The van der Waals surface area contributed by atoms with Crippen molar-refractivity contribution >= 4 is 21.6 Å². The van der Waals surface area contributed by atoms with Gasteiger partial charge in [0.1, 0.15) is 0 Å². The lowest BCUT2D eigenvalue weighted by molar-refractivity contribution is -0.136. The molecule has 0 spiro atoms. The topological polar surface area (TPSA) is 79.4 Å². The second-order valence-corrected chi connectivity index (χ2v) is 7.14. The Hall–Kier alpha value is -2.62. The van der Waals surface area contributed by atoms with Crippen molar-refractivity contribution in [1.82, 2.24) is 9.88 Å². The van der Waals surface area contributed by atoms with Crippen LogP contribution in [-0.4, -0.2) is 44.0 Å². The normalized spacial score (nSPS) is 11.8. The Labute approximate surface area is 148 Å². The molecular weight excluding hydrogens is 371 g/mol. The second kappa shape index (κ2) is 7.73. The van der Waals surface area contributed by atoms with Gasteiger partial charge in [-0.3, -0.25) is 14.5 Å². The molecule has 26 heavy (non-hydrogen) atoms. The maximum Gasteiger partial charge on any atom is 0.390 e. The van der Waals surface area contributed by atoms with Crippen molar-refractivity contribution in [2.75, 3.05) is 18.3 Å². The van der Waals surface area contributed by atoms with Crippen LogP contribution in [0.5, 0.6) is 0 Å². The summed E-state index contributed by atoms with van der Waals surface area (Å²) in [5.74, 6) is -0.625. The number of halogens is 3. The molecule has 0 aliphatic heterocycles. The van der Waals surface area contributed by atoms with E-state index in [-0.39, 0.29) is 10.5 Å². The van der Waals surface area contributed by atoms with Gasteiger partial charge < -0.3 is 4.90 Å². The van der Waals surface area contributed by atoms with Gasteiger partial charge in [-0.2, -0.15) is 13.2 Å². The number of rotatable bonds is 6. The van der Waals surface area contributed by atoms with Crippen LogP contribution in [-0.2, 0) is 10.0 Å². The fourth-order valence-electron chi connectivity index (χ4n) is 2.03. The second-order valence-electron chi connectivity index (χ2n) is 5.46. The Bertz CT molecular complexity index is 854. The van der Waals surface area contributed by atoms with Crippen molar-refractivity contribution in [2.45, 2.75) is 17.5 Å². The molecule has 10 heteroatoms. The SMILES string of the molecule is CN(CCC(F)(F)F)C(=O)c1ccc(S(=O)(=O)Nc2ccncc2)cc1. The van der Waals surface area contributed by atoms with Crippen molar-refractivity contribution in [3.05, 3.63) is 54.4 Å². The van der Waals surface area contributed by atoms with E-state index in [4.69, 9.17) is 0 Å². The molecule has 0 fully saturated rings. The summed E-state index contributed by atoms with van der Waals surface area (Å²) in [4.78, 5) is 16.7. The predicted molar refractivity (Wildman–Crippen MR) is 89.1 cm³/mol. The molecule has 6 nitrogen and oxygen atoms in total. The average Bonchev–Trinajstić information content (AvgIpc) is 2.59. The lowest BCUT2D eigenvalue weighted by Gasteiger charge is -2.18. The molecule has 1 aromatic heterocycles. The third kappa shape index (κ3) is 5.45. The number of aromatic nitrogens is 1. The molecule has 0 radical (unpaired) electrons. The molecule has 1 N–H and O–H groups in total. The molecular formula is C16H16F3N3O3S. The maximum absolute atomic E-state index is 12.3. The molecule has 2 rings (SSSR count). The largest absolute Gasteiger partial charge is 0.390 e. The lowest BCUT2D eigenvalue weighted by atomic mass is 10.2. The van der Waals surface area contributed by atoms with Gasteiger partial charge in [0.05, 0.1) is 17.0 Å². The first kappa shape index (κ1) is 19.7. The number of sulfonamides is 1. The van der Waals surface area contributed by atoms with Gasteiger partial charge in [0.15, 0.2) is 0 Å². The number of nitrogens with zero attached hydrogens (tertiary/aromatic N) is 2. The maximum atomic E-state index is 12.3. The highest BCUT2D eigenvalue weighted by molar-refractivity contribution is 7.92. The minimum atomic E-state index is -4.36. The molecule has 140 valence electrons. The highest BCUT2D eigenvalue weighted by Gasteiger charge is 2.28. The Morgan fingerprint density at radius 1 is 1.12 bits per heavy atom. The van der Waals surface area contributed by atoms with E-state index in [1.165, 1.54) is 55.8 Å². The van der Waals surface area contributed by atoms with Crippen LogP contribution in [0.4, 0.5) is 18.9 Å². The Morgan fingerprint density at radius 3 is 2.23 bits per heavy atom. The monoisotopic (exact) mass is 387 g/mol. The summed E-state index contributed by atoms with van der Waals surface area (Å²) < 4.78 is 63.6. The van der Waals surface area contributed by atoms with Crippen LogP contribution in [0.25, 0.3) is 0 Å². The summed E-state index contributed by atoms with van der Waals surface area (Å²) in [5.41, 5.74) is 0.421. The van der Waals surface area contributed by atoms with E-state index in [9.17, 15) is 26.4 Å². The first-order valence-electron chi connectivity index (χ1n) is 7.44. The van der Waals surface area contributed by atoms with E-state index in [1.807, 2.05) is 0 Å². The van der Waals surface area contributed by atoms with Crippen LogP contribution in [0.1, 0.15) is 16.8 Å². The summed E-state index contributed by atoms with van der Waals surface area (Å²) in [6, 6.07) is 7.90. The Morgan fingerprint density at radius 2 is 1.69 bits per heavy atom. The molecule has 0 unspecified atom stereocenters. The van der Waals surface area contributed by atoms with Gasteiger partial charge in [0.25, 0.3) is 15.9 Å². The lowest BCUT2D eigenvalue weighted by Crippen LogP contribution is -2.30. The smallest absolute Gasteiger partial charge is 0.341 e. The molecule has 0 saturated carbocycles. The summed E-state index contributed by atoms with van der Waals surface area (Å²) in [5, 5.41) is 0. The fourth-order valence-corrected chi connectivity index (χ4v) is 3.09. The highest BCUT2D eigenvalue weighted by Crippen LogP contribution is 2.20. The molecule has 0 aliphatic rings. The van der Waals surface area contributed by atoms with Crippen LogP contribution in [0.2, 0.25) is 0 Å². The van der Waals surface area contributed by atoms with Crippen LogP contribution in [0.3, 0.4) is 0 Å². The van der Waals surface area contributed by atoms with E-state index in [0.717, 1.165) is 4.90 Å². The summed E-state index contributed by atoms with van der Waals surface area (Å²) >= 11 is 0. The van der Waals surface area contributed by atoms with Gasteiger partial charge in [-0.15, -0.1) is 0 Å². The summed E-state index contributed by atoms with van der Waals surface area (Å²) in [6.45, 7) is -0.480. The number of nitrogens with one attached hydrogen (secondary N) is 1. The van der Waals surface area contributed by atoms with Crippen LogP contribution < -0.4 is 4.72 Å². The van der Waals surface area contributed by atoms with Crippen molar-refractivity contribution < 1.29 is 26.4 Å². The third-order valence-corrected chi connectivity index (χ3v) is 4.82. The number of amides is 1. The van der Waals surface area contributed by atoms with Crippen molar-refractivity contribution in [2.24, 2.45) is 0 Å². The first-order chi connectivity index (χ1) is 12.1. The van der Waals surface area contributed by atoms with E-state index in [1.54, 1.807) is 0 Å². The van der Waals surface area contributed by atoms with Crippen LogP contribution in [0, 0.1) is 0 Å². The van der Waals surface area contributed by atoms with E-state index >= 15 is 0 Å². The van der Waals surface area contributed by atoms with Crippen molar-refractivity contribution in [3.63, 3.8) is 0 Å². The number of hydrogen-bond donors (Lipinski definition) is 1. The number of alkyl halides is 3.